The van der Waals surface area contributed by atoms with Crippen molar-refractivity contribution in [3.63, 3.8) is 0 Å². The fourth-order valence-electron chi connectivity index (χ4n) is 2.88. The second kappa shape index (κ2) is 6.37. The quantitative estimate of drug-likeness (QED) is 0.709. The molecule has 0 radical (unpaired) electrons. The van der Waals surface area contributed by atoms with E-state index >= 15 is 0 Å². The summed E-state index contributed by atoms with van der Waals surface area (Å²) in [5.74, 6) is 0.921. The van der Waals surface area contributed by atoms with Gasteiger partial charge in [0.25, 0.3) is 5.91 Å². The fourth-order valence-corrected chi connectivity index (χ4v) is 4.08. The van der Waals surface area contributed by atoms with Crippen molar-refractivity contribution in [3.8, 4) is 11.5 Å². The largest absolute Gasteiger partial charge is 0.485 e. The monoisotopic (exact) mass is 354 g/mol. The number of amides is 1. The number of thiazole rings is 1. The molecule has 1 amide bonds. The minimum absolute atomic E-state index is 0.176. The number of aromatic nitrogens is 1. The fraction of sp³-hybridized carbons (Fsp3) is 0.263. The minimum Gasteiger partial charge on any atom is -0.485 e. The van der Waals surface area contributed by atoms with Crippen LogP contribution in [-0.4, -0.2) is 23.2 Å². The highest BCUT2D eigenvalue weighted by Gasteiger charge is 2.27. The van der Waals surface area contributed by atoms with E-state index in [9.17, 15) is 4.79 Å². The molecule has 5 nitrogen and oxygen atoms in total. The van der Waals surface area contributed by atoms with Gasteiger partial charge in [-0.3, -0.25) is 4.79 Å². The lowest BCUT2D eigenvalue weighted by Gasteiger charge is -2.23. The number of aryl methyl sites for hydroxylation is 2. The van der Waals surface area contributed by atoms with Gasteiger partial charge in [0.1, 0.15) is 6.61 Å². The summed E-state index contributed by atoms with van der Waals surface area (Å²) in [4.78, 5) is 17.6. The lowest BCUT2D eigenvalue weighted by Crippen LogP contribution is -2.36. The number of para-hydroxylation sites is 2. The average Bonchev–Trinajstić information content (AvgIpc) is 2.97. The van der Waals surface area contributed by atoms with Crippen LogP contribution in [0.15, 0.2) is 47.5 Å². The van der Waals surface area contributed by atoms with Crippen molar-refractivity contribution in [2.45, 2.75) is 26.5 Å². The van der Waals surface area contributed by atoms with E-state index < -0.39 is 6.10 Å². The number of hydrogen-bond acceptors (Lipinski definition) is 4. The smallest absolute Gasteiger partial charge is 0.292 e. The van der Waals surface area contributed by atoms with Crippen molar-refractivity contribution in [1.82, 2.24) is 4.57 Å². The molecule has 1 atom stereocenters. The van der Waals surface area contributed by atoms with Crippen LogP contribution in [0.1, 0.15) is 12.5 Å². The van der Waals surface area contributed by atoms with Crippen LogP contribution in [0.25, 0.3) is 10.2 Å². The summed E-state index contributed by atoms with van der Waals surface area (Å²) in [6.07, 6.45) is -0.716. The van der Waals surface area contributed by atoms with Crippen LogP contribution in [-0.2, 0) is 11.3 Å². The van der Waals surface area contributed by atoms with E-state index in [0.717, 1.165) is 16.8 Å². The number of rotatable bonds is 2. The zero-order valence-corrected chi connectivity index (χ0v) is 14.9. The normalized spacial score (nSPS) is 17.0. The number of benzene rings is 2. The van der Waals surface area contributed by atoms with Gasteiger partial charge in [0.2, 0.25) is 6.10 Å². The molecule has 0 spiro atoms. The summed E-state index contributed by atoms with van der Waals surface area (Å²) in [5.41, 5.74) is 2.28. The maximum Gasteiger partial charge on any atom is 0.292 e. The first kappa shape index (κ1) is 15.9. The molecule has 0 bridgehead atoms. The Morgan fingerprint density at radius 3 is 2.88 bits per heavy atom. The molecule has 3 aromatic rings. The molecule has 1 aliphatic rings. The van der Waals surface area contributed by atoms with Crippen LogP contribution < -0.4 is 14.3 Å². The van der Waals surface area contributed by atoms with Crippen molar-refractivity contribution >= 4 is 27.5 Å². The Balaban J connectivity index is 1.69. The van der Waals surface area contributed by atoms with E-state index in [1.807, 2.05) is 25.1 Å². The third-order valence-corrected chi connectivity index (χ3v) is 5.19. The lowest BCUT2D eigenvalue weighted by atomic mass is 10.2. The molecule has 4 rings (SSSR count). The van der Waals surface area contributed by atoms with Gasteiger partial charge < -0.3 is 14.0 Å². The van der Waals surface area contributed by atoms with Crippen molar-refractivity contribution < 1.29 is 14.3 Å². The average molecular weight is 354 g/mol. The first-order chi connectivity index (χ1) is 12.2. The standard InChI is InChI=1S/C19H18N2O3S/c1-3-21-13-9-8-12(2)10-17(13)25-19(21)20-18(22)16-11-23-14-6-4-5-7-15(14)24-16/h4-10,16H,3,11H2,1-2H3. The Bertz CT molecular complexity index is 1020. The van der Waals surface area contributed by atoms with Gasteiger partial charge in [0, 0.05) is 6.54 Å². The van der Waals surface area contributed by atoms with Crippen LogP contribution >= 0.6 is 11.3 Å². The van der Waals surface area contributed by atoms with E-state index in [-0.39, 0.29) is 12.5 Å². The molecule has 0 N–H and O–H groups in total. The second-order valence-corrected chi connectivity index (χ2v) is 6.92. The van der Waals surface area contributed by atoms with Gasteiger partial charge in [0.05, 0.1) is 10.2 Å². The molecule has 6 heteroatoms. The molecular formula is C19H18N2O3S. The summed E-state index contributed by atoms with van der Waals surface area (Å²) in [6.45, 7) is 5.03. The molecular weight excluding hydrogens is 336 g/mol. The van der Waals surface area contributed by atoms with Gasteiger partial charge in [0.15, 0.2) is 16.3 Å². The van der Waals surface area contributed by atoms with E-state index in [0.29, 0.717) is 16.3 Å². The van der Waals surface area contributed by atoms with Crippen LogP contribution in [0.2, 0.25) is 0 Å². The first-order valence-corrected chi connectivity index (χ1v) is 9.04. The van der Waals surface area contributed by atoms with Gasteiger partial charge in [-0.05, 0) is 43.7 Å². The van der Waals surface area contributed by atoms with Crippen molar-refractivity contribution in [2.24, 2.45) is 4.99 Å². The van der Waals surface area contributed by atoms with Gasteiger partial charge in [-0.2, -0.15) is 4.99 Å². The predicted octanol–water partition coefficient (Wildman–Crippen LogP) is 3.30. The minimum atomic E-state index is -0.716. The Morgan fingerprint density at radius 2 is 2.08 bits per heavy atom. The highest BCUT2D eigenvalue weighted by molar-refractivity contribution is 7.16. The molecule has 128 valence electrons. The van der Waals surface area contributed by atoms with E-state index in [1.54, 1.807) is 6.07 Å². The summed E-state index contributed by atoms with van der Waals surface area (Å²) in [7, 11) is 0. The van der Waals surface area contributed by atoms with Crippen molar-refractivity contribution in [2.75, 3.05) is 6.61 Å². The Hall–Kier alpha value is -2.60. The lowest BCUT2D eigenvalue weighted by molar-refractivity contribution is -0.127. The topological polar surface area (TPSA) is 52.8 Å². The molecule has 1 aromatic heterocycles. The molecule has 0 fully saturated rings. The number of nitrogens with zero attached hydrogens (tertiary/aromatic N) is 2. The Morgan fingerprint density at radius 1 is 1.28 bits per heavy atom. The van der Waals surface area contributed by atoms with Gasteiger partial charge in [-0.15, -0.1) is 0 Å². The number of carbonyl (C=O) groups excluding carboxylic acids is 1. The number of hydrogen-bond donors (Lipinski definition) is 0. The molecule has 2 aromatic carbocycles. The SMILES string of the molecule is CCn1c(=NC(=O)C2COc3ccccc3O2)sc2cc(C)ccc21. The molecule has 0 aliphatic carbocycles. The summed E-state index contributed by atoms with van der Waals surface area (Å²) in [5, 5.41) is 0. The predicted molar refractivity (Wildman–Crippen MR) is 97.1 cm³/mol. The van der Waals surface area contributed by atoms with Crippen LogP contribution in [0, 0.1) is 6.92 Å². The molecule has 1 aliphatic heterocycles. The number of carbonyl (C=O) groups is 1. The van der Waals surface area contributed by atoms with Crippen LogP contribution in [0.4, 0.5) is 0 Å². The summed E-state index contributed by atoms with van der Waals surface area (Å²) < 4.78 is 14.6. The van der Waals surface area contributed by atoms with Crippen molar-refractivity contribution in [1.29, 1.82) is 0 Å². The van der Waals surface area contributed by atoms with E-state index in [4.69, 9.17) is 9.47 Å². The third-order valence-electron chi connectivity index (χ3n) is 4.14. The summed E-state index contributed by atoms with van der Waals surface area (Å²) >= 11 is 1.52. The highest BCUT2D eigenvalue weighted by atomic mass is 32.1. The molecule has 25 heavy (non-hydrogen) atoms. The number of fused-ring (bicyclic) bond motifs is 2. The van der Waals surface area contributed by atoms with Crippen LogP contribution in [0.5, 0.6) is 11.5 Å². The van der Waals surface area contributed by atoms with Crippen LogP contribution in [0.3, 0.4) is 0 Å². The molecule has 0 saturated carbocycles. The van der Waals surface area contributed by atoms with E-state index in [2.05, 4.69) is 34.7 Å². The van der Waals surface area contributed by atoms with Gasteiger partial charge in [-0.25, -0.2) is 0 Å². The van der Waals surface area contributed by atoms with Crippen molar-refractivity contribution in [3.05, 3.63) is 52.8 Å². The molecule has 0 saturated heterocycles. The maximum absolute atomic E-state index is 12.6. The van der Waals surface area contributed by atoms with Gasteiger partial charge in [-0.1, -0.05) is 29.5 Å². The zero-order chi connectivity index (χ0) is 17.4. The number of ether oxygens (including phenoxy) is 2. The van der Waals surface area contributed by atoms with Gasteiger partial charge >= 0.3 is 0 Å². The summed E-state index contributed by atoms with van der Waals surface area (Å²) in [6, 6.07) is 13.6. The second-order valence-electron chi connectivity index (χ2n) is 5.91. The Labute approximate surface area is 149 Å². The van der Waals surface area contributed by atoms with E-state index in [1.165, 1.54) is 16.9 Å². The zero-order valence-electron chi connectivity index (χ0n) is 14.1. The maximum atomic E-state index is 12.6. The highest BCUT2D eigenvalue weighted by Crippen LogP contribution is 2.31. The first-order valence-electron chi connectivity index (χ1n) is 8.23. The Kier molecular flexibility index (Phi) is 4.05. The molecule has 2 heterocycles. The third kappa shape index (κ3) is 2.93. The molecule has 1 unspecified atom stereocenters.